The maximum absolute atomic E-state index is 13.1. The van der Waals surface area contributed by atoms with Gasteiger partial charge in [-0.1, -0.05) is 12.1 Å². The summed E-state index contributed by atoms with van der Waals surface area (Å²) in [5.41, 5.74) is 2.29. The SMILES string of the molecule is O=c1c2cccc3c2c(cn1C1CN2CCC1CC2)CCC3O. The van der Waals surface area contributed by atoms with Gasteiger partial charge in [-0.3, -0.25) is 4.79 Å². The molecule has 1 aromatic carbocycles. The number of aromatic nitrogens is 1. The topological polar surface area (TPSA) is 45.5 Å². The first-order chi connectivity index (χ1) is 11.2. The lowest BCUT2D eigenvalue weighted by atomic mass is 9.83. The maximum Gasteiger partial charge on any atom is 0.258 e. The van der Waals surface area contributed by atoms with Crippen LogP contribution in [0.25, 0.3) is 10.8 Å². The van der Waals surface area contributed by atoms with Crippen molar-refractivity contribution in [3.8, 4) is 0 Å². The van der Waals surface area contributed by atoms with Crippen LogP contribution >= 0.6 is 0 Å². The van der Waals surface area contributed by atoms with E-state index in [-0.39, 0.29) is 5.56 Å². The first-order valence-corrected chi connectivity index (χ1v) is 8.79. The highest BCUT2D eigenvalue weighted by Crippen LogP contribution is 2.38. The van der Waals surface area contributed by atoms with Gasteiger partial charge < -0.3 is 14.6 Å². The van der Waals surface area contributed by atoms with Gasteiger partial charge >= 0.3 is 0 Å². The van der Waals surface area contributed by atoms with Gasteiger partial charge in [-0.25, -0.2) is 0 Å². The van der Waals surface area contributed by atoms with Gasteiger partial charge in [-0.2, -0.15) is 0 Å². The van der Waals surface area contributed by atoms with Crippen molar-refractivity contribution in [2.45, 2.75) is 37.8 Å². The zero-order chi connectivity index (χ0) is 15.6. The molecule has 23 heavy (non-hydrogen) atoms. The van der Waals surface area contributed by atoms with Crippen LogP contribution in [-0.4, -0.2) is 34.2 Å². The number of nitrogens with zero attached hydrogens (tertiary/aromatic N) is 2. The van der Waals surface area contributed by atoms with Crippen molar-refractivity contribution in [3.05, 3.63) is 45.9 Å². The van der Waals surface area contributed by atoms with Crippen LogP contribution in [-0.2, 0) is 6.42 Å². The number of rotatable bonds is 1. The van der Waals surface area contributed by atoms with Gasteiger partial charge in [0.15, 0.2) is 0 Å². The van der Waals surface area contributed by atoms with E-state index in [0.29, 0.717) is 12.0 Å². The molecule has 4 heteroatoms. The van der Waals surface area contributed by atoms with Crippen LogP contribution in [0.15, 0.2) is 29.2 Å². The largest absolute Gasteiger partial charge is 0.388 e. The molecule has 2 atom stereocenters. The molecule has 3 saturated heterocycles. The molecule has 0 spiro atoms. The number of benzene rings is 1. The second kappa shape index (κ2) is 4.92. The van der Waals surface area contributed by atoms with Crippen molar-refractivity contribution in [2.75, 3.05) is 19.6 Å². The van der Waals surface area contributed by atoms with Gasteiger partial charge in [0.1, 0.15) is 0 Å². The number of piperidine rings is 3. The number of pyridine rings is 1. The second-order valence-electron chi connectivity index (χ2n) is 7.40. The molecule has 3 aliphatic heterocycles. The van der Waals surface area contributed by atoms with Crippen LogP contribution in [0.1, 0.15) is 42.5 Å². The summed E-state index contributed by atoms with van der Waals surface area (Å²) >= 11 is 0. The molecule has 2 unspecified atom stereocenters. The molecule has 2 aromatic rings. The van der Waals surface area contributed by atoms with Gasteiger partial charge in [0.05, 0.1) is 12.1 Å². The molecule has 1 N–H and O–H groups in total. The highest BCUT2D eigenvalue weighted by Gasteiger charge is 2.36. The number of aliphatic hydroxyl groups is 1. The smallest absolute Gasteiger partial charge is 0.258 e. The number of hydrogen-bond acceptors (Lipinski definition) is 3. The average Bonchev–Trinajstić information content (AvgIpc) is 2.61. The number of fused-ring (bicyclic) bond motifs is 3. The normalized spacial score (nSPS) is 32.4. The minimum absolute atomic E-state index is 0.124. The fourth-order valence-corrected chi connectivity index (χ4v) is 4.95. The summed E-state index contributed by atoms with van der Waals surface area (Å²) in [7, 11) is 0. The Morgan fingerprint density at radius 3 is 2.70 bits per heavy atom. The first kappa shape index (κ1) is 13.8. The van der Waals surface area contributed by atoms with E-state index in [9.17, 15) is 9.90 Å². The maximum atomic E-state index is 13.1. The van der Waals surface area contributed by atoms with E-state index in [1.807, 2.05) is 22.8 Å². The Labute approximate surface area is 135 Å². The number of hydrogen-bond donors (Lipinski definition) is 1. The molecule has 0 radical (unpaired) electrons. The third-order valence-corrected chi connectivity index (χ3v) is 6.20. The van der Waals surface area contributed by atoms with Gasteiger partial charge in [0, 0.05) is 18.1 Å². The molecule has 6 rings (SSSR count). The highest BCUT2D eigenvalue weighted by molar-refractivity contribution is 5.89. The Balaban J connectivity index is 1.72. The summed E-state index contributed by atoms with van der Waals surface area (Å²) in [4.78, 5) is 15.6. The zero-order valence-electron chi connectivity index (χ0n) is 13.2. The molecule has 2 bridgehead atoms. The van der Waals surface area contributed by atoms with E-state index in [1.165, 1.54) is 31.5 Å². The van der Waals surface area contributed by atoms with E-state index in [0.717, 1.165) is 35.7 Å². The summed E-state index contributed by atoms with van der Waals surface area (Å²) in [5, 5.41) is 12.0. The molecule has 4 nitrogen and oxygen atoms in total. The van der Waals surface area contributed by atoms with Crippen molar-refractivity contribution < 1.29 is 5.11 Å². The molecular formula is C19H22N2O2. The predicted octanol–water partition coefficient (Wildman–Crippen LogP) is 2.25. The third-order valence-electron chi connectivity index (χ3n) is 6.20. The molecule has 1 aliphatic carbocycles. The van der Waals surface area contributed by atoms with Crippen LogP contribution in [0.4, 0.5) is 0 Å². The Hall–Kier alpha value is -1.65. The van der Waals surface area contributed by atoms with Crippen molar-refractivity contribution in [1.82, 2.24) is 9.47 Å². The minimum Gasteiger partial charge on any atom is -0.388 e. The van der Waals surface area contributed by atoms with E-state index in [4.69, 9.17) is 0 Å². The Morgan fingerprint density at radius 1 is 1.13 bits per heavy atom. The molecule has 4 heterocycles. The van der Waals surface area contributed by atoms with Crippen molar-refractivity contribution in [3.63, 3.8) is 0 Å². The second-order valence-corrected chi connectivity index (χ2v) is 7.40. The fourth-order valence-electron chi connectivity index (χ4n) is 4.95. The summed E-state index contributed by atoms with van der Waals surface area (Å²) in [5.74, 6) is 0.639. The molecule has 1 aromatic heterocycles. The summed E-state index contributed by atoms with van der Waals surface area (Å²) in [6.07, 6.45) is 5.71. The van der Waals surface area contributed by atoms with Gasteiger partial charge in [-0.15, -0.1) is 0 Å². The highest BCUT2D eigenvalue weighted by atomic mass is 16.3. The Morgan fingerprint density at radius 2 is 1.96 bits per heavy atom. The van der Waals surface area contributed by atoms with Crippen molar-refractivity contribution >= 4 is 10.8 Å². The van der Waals surface area contributed by atoms with Gasteiger partial charge in [0.2, 0.25) is 0 Å². The van der Waals surface area contributed by atoms with Gasteiger partial charge in [0.25, 0.3) is 5.56 Å². The quantitative estimate of drug-likeness (QED) is 0.879. The lowest BCUT2D eigenvalue weighted by Gasteiger charge is -2.45. The van der Waals surface area contributed by atoms with Crippen LogP contribution in [0.5, 0.6) is 0 Å². The van der Waals surface area contributed by atoms with Crippen LogP contribution in [0.2, 0.25) is 0 Å². The molecule has 3 fully saturated rings. The van der Waals surface area contributed by atoms with Crippen molar-refractivity contribution in [2.24, 2.45) is 5.92 Å². The monoisotopic (exact) mass is 310 g/mol. The zero-order valence-corrected chi connectivity index (χ0v) is 13.2. The molecule has 0 amide bonds. The molecule has 0 saturated carbocycles. The predicted molar refractivity (Wildman–Crippen MR) is 89.7 cm³/mol. The lowest BCUT2D eigenvalue weighted by Crippen LogP contribution is -2.50. The summed E-state index contributed by atoms with van der Waals surface area (Å²) in [6, 6.07) is 6.13. The van der Waals surface area contributed by atoms with Crippen LogP contribution in [0, 0.1) is 5.92 Å². The minimum atomic E-state index is -0.432. The summed E-state index contributed by atoms with van der Waals surface area (Å²) in [6.45, 7) is 3.39. The molecule has 4 aliphatic rings. The van der Waals surface area contributed by atoms with Crippen LogP contribution < -0.4 is 5.56 Å². The number of aliphatic hydroxyl groups excluding tert-OH is 1. The van der Waals surface area contributed by atoms with Crippen LogP contribution in [0.3, 0.4) is 0 Å². The third kappa shape index (κ3) is 1.95. The molecule has 120 valence electrons. The Bertz CT molecular complexity index is 833. The fraction of sp³-hybridized carbons (Fsp3) is 0.526. The van der Waals surface area contributed by atoms with E-state index < -0.39 is 6.10 Å². The van der Waals surface area contributed by atoms with Crippen molar-refractivity contribution in [1.29, 1.82) is 0 Å². The van der Waals surface area contributed by atoms with E-state index in [1.54, 1.807) is 0 Å². The van der Waals surface area contributed by atoms with E-state index in [2.05, 4.69) is 11.1 Å². The average molecular weight is 310 g/mol. The first-order valence-electron chi connectivity index (χ1n) is 8.79. The van der Waals surface area contributed by atoms with Gasteiger partial charge in [-0.05, 0) is 67.3 Å². The summed E-state index contributed by atoms with van der Waals surface area (Å²) < 4.78 is 2.02. The Kier molecular flexibility index (Phi) is 2.94. The van der Waals surface area contributed by atoms with E-state index >= 15 is 0 Å². The number of aryl methyl sites for hydroxylation is 1. The molecular weight excluding hydrogens is 288 g/mol. The lowest BCUT2D eigenvalue weighted by molar-refractivity contribution is 0.0555. The standard InChI is InChI=1S/C19H22N2O2/c22-17-5-4-13-10-21(16-11-20-8-6-12(16)7-9-20)19(23)15-3-1-2-14(17)18(13)15/h1-3,10,12,16-17,22H,4-9,11H2.